The topological polar surface area (TPSA) is 122 Å². The predicted molar refractivity (Wildman–Crippen MR) is 65.7 cm³/mol. The van der Waals surface area contributed by atoms with Crippen molar-refractivity contribution in [3.05, 3.63) is 37.9 Å². The number of rotatable bonds is 5. The number of nitro benzene ring substituents is 2. The molecule has 9 nitrogen and oxygen atoms in total. The Kier molecular flexibility index (Phi) is 4.35. The van der Waals surface area contributed by atoms with Gasteiger partial charge >= 0.3 is 7.60 Å². The van der Waals surface area contributed by atoms with Crippen molar-refractivity contribution in [3.8, 4) is 0 Å². The van der Waals surface area contributed by atoms with Crippen LogP contribution in [0.2, 0.25) is 0 Å². The van der Waals surface area contributed by atoms with Crippen LogP contribution in [0.3, 0.4) is 0 Å². The lowest BCUT2D eigenvalue weighted by Gasteiger charge is -2.13. The van der Waals surface area contributed by atoms with E-state index < -0.39 is 28.8 Å². The normalized spacial score (nSPS) is 11.3. The molecule has 0 aliphatic heterocycles. The van der Waals surface area contributed by atoms with Crippen LogP contribution >= 0.6 is 7.60 Å². The Balaban J connectivity index is 3.65. The second-order valence-corrected chi connectivity index (χ2v) is 5.73. The van der Waals surface area contributed by atoms with Gasteiger partial charge < -0.3 is 9.05 Å². The van der Waals surface area contributed by atoms with Gasteiger partial charge in [0.05, 0.1) is 15.2 Å². The molecule has 0 aliphatic rings. The van der Waals surface area contributed by atoms with Crippen molar-refractivity contribution in [2.24, 2.45) is 0 Å². The molecule has 1 aromatic carbocycles. The lowest BCUT2D eigenvalue weighted by atomic mass is 10.1. The van der Waals surface area contributed by atoms with Crippen LogP contribution in [-0.4, -0.2) is 24.1 Å². The zero-order valence-corrected chi connectivity index (χ0v) is 11.2. The summed E-state index contributed by atoms with van der Waals surface area (Å²) in [4.78, 5) is 20.1. The molecular weight excluding hydrogens is 279 g/mol. The Morgan fingerprint density at radius 2 is 1.42 bits per heavy atom. The molecule has 0 atom stereocenters. The molecule has 0 saturated carbocycles. The molecule has 0 aliphatic carbocycles. The van der Waals surface area contributed by atoms with Gasteiger partial charge in [-0.1, -0.05) is 0 Å². The Hall–Kier alpha value is -1.83. The number of hydrogen-bond acceptors (Lipinski definition) is 7. The zero-order chi connectivity index (χ0) is 14.8. The first-order valence-corrected chi connectivity index (χ1v) is 6.46. The molecule has 0 amide bonds. The van der Waals surface area contributed by atoms with Crippen molar-refractivity contribution >= 4 is 24.3 Å². The molecule has 1 rings (SSSR count). The van der Waals surface area contributed by atoms with Crippen LogP contribution in [-0.2, 0) is 13.6 Å². The highest BCUT2D eigenvalue weighted by Gasteiger charge is 2.32. The summed E-state index contributed by atoms with van der Waals surface area (Å²) < 4.78 is 21.5. The van der Waals surface area contributed by atoms with E-state index in [-0.39, 0.29) is 10.9 Å². The highest BCUT2D eigenvalue weighted by atomic mass is 31.2. The van der Waals surface area contributed by atoms with E-state index in [0.717, 1.165) is 26.4 Å². The minimum Gasteiger partial charge on any atom is -0.309 e. The van der Waals surface area contributed by atoms with Crippen molar-refractivity contribution in [1.29, 1.82) is 0 Å². The van der Waals surface area contributed by atoms with Gasteiger partial charge in [0.15, 0.2) is 0 Å². The summed E-state index contributed by atoms with van der Waals surface area (Å²) in [5.41, 5.74) is -1.16. The van der Waals surface area contributed by atoms with Crippen LogP contribution in [0.4, 0.5) is 11.4 Å². The fourth-order valence-electron chi connectivity index (χ4n) is 1.49. The van der Waals surface area contributed by atoms with Crippen LogP contribution in [0, 0.1) is 27.2 Å². The van der Waals surface area contributed by atoms with E-state index in [0.29, 0.717) is 0 Å². The van der Waals surface area contributed by atoms with Crippen molar-refractivity contribution in [3.63, 3.8) is 0 Å². The summed E-state index contributed by atoms with van der Waals surface area (Å²) in [7, 11) is -1.63. The largest absolute Gasteiger partial charge is 0.361 e. The van der Waals surface area contributed by atoms with Crippen molar-refractivity contribution < 1.29 is 23.5 Å². The molecule has 0 radical (unpaired) electrons. The molecule has 0 aromatic heterocycles. The average Bonchev–Trinajstić information content (AvgIpc) is 2.37. The number of benzene rings is 1. The van der Waals surface area contributed by atoms with Crippen molar-refractivity contribution in [2.75, 3.05) is 14.2 Å². The second kappa shape index (κ2) is 5.43. The molecule has 1 aromatic rings. The average molecular weight is 290 g/mol. The van der Waals surface area contributed by atoms with Crippen LogP contribution in [0.15, 0.2) is 12.1 Å². The lowest BCUT2D eigenvalue weighted by Crippen LogP contribution is -2.11. The highest BCUT2D eigenvalue weighted by Crippen LogP contribution is 2.47. The Morgan fingerprint density at radius 1 is 1.05 bits per heavy atom. The van der Waals surface area contributed by atoms with Crippen molar-refractivity contribution in [2.45, 2.75) is 6.92 Å². The standard InChI is InChI=1S/C9H11N2O7P/c1-6-8(10(12)13)4-7(5-9(6)11(14)15)19(16,17-2)18-3/h4-5H,1-3H3. The molecule has 19 heavy (non-hydrogen) atoms. The maximum Gasteiger partial charge on any atom is 0.361 e. The third kappa shape index (κ3) is 2.78. The summed E-state index contributed by atoms with van der Waals surface area (Å²) in [5.74, 6) is 0. The maximum absolute atomic E-state index is 12.1. The summed E-state index contributed by atoms with van der Waals surface area (Å²) >= 11 is 0. The lowest BCUT2D eigenvalue weighted by molar-refractivity contribution is -0.395. The minimum absolute atomic E-state index is 0.127. The third-order valence-corrected chi connectivity index (χ3v) is 4.38. The molecular formula is C9H11N2O7P. The molecule has 0 N–H and O–H groups in total. The van der Waals surface area contributed by atoms with Gasteiger partial charge in [-0.15, -0.1) is 0 Å². The maximum atomic E-state index is 12.1. The van der Waals surface area contributed by atoms with E-state index in [1.54, 1.807) is 0 Å². The summed E-state index contributed by atoms with van der Waals surface area (Å²) in [6, 6.07) is 1.91. The molecule has 0 fully saturated rings. The fraction of sp³-hybridized carbons (Fsp3) is 0.333. The number of nitro groups is 2. The van der Waals surface area contributed by atoms with Gasteiger partial charge in [-0.2, -0.15) is 0 Å². The van der Waals surface area contributed by atoms with Gasteiger partial charge in [-0.25, -0.2) is 0 Å². The van der Waals surface area contributed by atoms with Gasteiger partial charge in [-0.3, -0.25) is 24.8 Å². The van der Waals surface area contributed by atoms with Gasteiger partial charge in [-0.05, 0) is 6.92 Å². The minimum atomic E-state index is -3.80. The van der Waals surface area contributed by atoms with E-state index >= 15 is 0 Å². The quantitative estimate of drug-likeness (QED) is 0.461. The van der Waals surface area contributed by atoms with E-state index in [9.17, 15) is 24.8 Å². The second-order valence-electron chi connectivity index (χ2n) is 3.49. The summed E-state index contributed by atoms with van der Waals surface area (Å²) in [6.45, 7) is 1.24. The smallest absolute Gasteiger partial charge is 0.309 e. The first kappa shape index (κ1) is 15.2. The van der Waals surface area contributed by atoms with E-state index in [4.69, 9.17) is 0 Å². The first-order chi connectivity index (χ1) is 8.76. The molecule has 0 heterocycles. The molecule has 0 saturated heterocycles. The Bertz CT molecular complexity index is 543. The van der Waals surface area contributed by atoms with Crippen LogP contribution < -0.4 is 5.30 Å². The molecule has 10 heteroatoms. The van der Waals surface area contributed by atoms with Crippen molar-refractivity contribution in [1.82, 2.24) is 0 Å². The molecule has 0 unspecified atom stereocenters. The first-order valence-electron chi connectivity index (χ1n) is 4.92. The SMILES string of the molecule is COP(=O)(OC)c1cc([N+](=O)[O-])c(C)c([N+](=O)[O-])c1. The molecule has 0 spiro atoms. The number of hydrogen-bond donors (Lipinski definition) is 0. The third-order valence-electron chi connectivity index (χ3n) is 2.53. The van der Waals surface area contributed by atoms with Crippen LogP contribution in [0.25, 0.3) is 0 Å². The van der Waals surface area contributed by atoms with Gasteiger partial charge in [0.2, 0.25) is 0 Å². The van der Waals surface area contributed by atoms with E-state index in [1.165, 1.54) is 6.92 Å². The highest BCUT2D eigenvalue weighted by molar-refractivity contribution is 7.62. The predicted octanol–water partition coefficient (Wildman–Crippen LogP) is 1.92. The monoisotopic (exact) mass is 290 g/mol. The van der Waals surface area contributed by atoms with Gasteiger partial charge in [0.1, 0.15) is 5.56 Å². The molecule has 0 bridgehead atoms. The van der Waals surface area contributed by atoms with Crippen LogP contribution in [0.1, 0.15) is 5.56 Å². The number of nitrogens with zero attached hydrogens (tertiary/aromatic N) is 2. The van der Waals surface area contributed by atoms with Gasteiger partial charge in [0, 0.05) is 26.4 Å². The Morgan fingerprint density at radius 3 is 1.68 bits per heavy atom. The van der Waals surface area contributed by atoms with Crippen LogP contribution in [0.5, 0.6) is 0 Å². The zero-order valence-electron chi connectivity index (χ0n) is 10.4. The Labute approximate surface area is 108 Å². The van der Waals surface area contributed by atoms with E-state index in [1.807, 2.05) is 0 Å². The summed E-state index contributed by atoms with van der Waals surface area (Å²) in [5, 5.41) is 21.5. The summed E-state index contributed by atoms with van der Waals surface area (Å²) in [6.07, 6.45) is 0. The van der Waals surface area contributed by atoms with E-state index in [2.05, 4.69) is 9.05 Å². The van der Waals surface area contributed by atoms with Gasteiger partial charge in [0.25, 0.3) is 11.4 Å². The molecule has 104 valence electrons. The fourth-order valence-corrected chi connectivity index (χ4v) is 2.62.